The SMILES string of the molecule is O=C([O-])c1ccc2c(=O)n(Cc3ccccc3)c(SCc3nnc(-c4ccccc4)o3)nc2c1. The summed E-state index contributed by atoms with van der Waals surface area (Å²) in [6.07, 6.45) is 0. The lowest BCUT2D eigenvalue weighted by Gasteiger charge is -2.13. The highest BCUT2D eigenvalue weighted by Crippen LogP contribution is 2.25. The van der Waals surface area contributed by atoms with Crippen molar-refractivity contribution in [1.29, 1.82) is 0 Å². The molecule has 0 N–H and O–H groups in total. The fraction of sp³-hybridized carbons (Fsp3) is 0.0800. The van der Waals surface area contributed by atoms with E-state index in [-0.39, 0.29) is 22.4 Å². The molecule has 0 radical (unpaired) electrons. The summed E-state index contributed by atoms with van der Waals surface area (Å²) >= 11 is 1.26. The molecule has 0 spiro atoms. The van der Waals surface area contributed by atoms with Crippen LogP contribution in [0, 0.1) is 0 Å². The van der Waals surface area contributed by atoms with Gasteiger partial charge in [0.2, 0.25) is 11.8 Å². The van der Waals surface area contributed by atoms with Crippen molar-refractivity contribution in [1.82, 2.24) is 19.7 Å². The Morgan fingerprint density at radius 1 is 0.971 bits per heavy atom. The average Bonchev–Trinajstić information content (AvgIpc) is 3.35. The van der Waals surface area contributed by atoms with Crippen LogP contribution in [0.2, 0.25) is 0 Å². The van der Waals surface area contributed by atoms with E-state index < -0.39 is 5.97 Å². The standard InChI is InChI=1S/C25H18N4O4S/c30-23-19-12-11-18(24(31)32)13-20(19)26-25(29(23)14-16-7-3-1-4-8-16)34-15-21-27-28-22(33-21)17-9-5-2-6-10-17/h1-13H,14-15H2,(H,31,32)/p-1. The Morgan fingerprint density at radius 2 is 1.71 bits per heavy atom. The predicted octanol–water partition coefficient (Wildman–Crippen LogP) is 3.15. The van der Waals surface area contributed by atoms with Crippen LogP contribution >= 0.6 is 11.8 Å². The third-order valence-corrected chi connectivity index (χ3v) is 6.11. The highest BCUT2D eigenvalue weighted by atomic mass is 32.2. The van der Waals surface area contributed by atoms with Gasteiger partial charge in [-0.2, -0.15) is 0 Å². The van der Waals surface area contributed by atoms with E-state index in [1.54, 1.807) is 4.57 Å². The molecule has 34 heavy (non-hydrogen) atoms. The molecular weight excluding hydrogens is 452 g/mol. The fourth-order valence-corrected chi connectivity index (χ4v) is 4.31. The molecule has 5 aromatic rings. The molecule has 0 aliphatic carbocycles. The Bertz CT molecular complexity index is 1530. The first kappa shape index (κ1) is 21.6. The van der Waals surface area contributed by atoms with Gasteiger partial charge in [0.05, 0.1) is 29.2 Å². The number of benzene rings is 3. The van der Waals surface area contributed by atoms with Crippen LogP contribution in [0.3, 0.4) is 0 Å². The number of aromatic nitrogens is 4. The molecule has 0 fully saturated rings. The van der Waals surface area contributed by atoms with Crippen molar-refractivity contribution in [3.63, 3.8) is 0 Å². The van der Waals surface area contributed by atoms with Crippen molar-refractivity contribution in [3.05, 3.63) is 106 Å². The first-order valence-corrected chi connectivity index (χ1v) is 11.4. The Labute approximate surface area is 197 Å². The summed E-state index contributed by atoms with van der Waals surface area (Å²) in [4.78, 5) is 29.2. The lowest BCUT2D eigenvalue weighted by atomic mass is 10.1. The van der Waals surface area contributed by atoms with Crippen LogP contribution < -0.4 is 10.7 Å². The van der Waals surface area contributed by atoms with Crippen molar-refractivity contribution >= 4 is 28.6 Å². The topological polar surface area (TPSA) is 114 Å². The summed E-state index contributed by atoms with van der Waals surface area (Å²) in [5, 5.41) is 20.2. The maximum atomic E-state index is 13.3. The van der Waals surface area contributed by atoms with Crippen molar-refractivity contribution in [2.24, 2.45) is 0 Å². The number of carbonyl (C=O) groups excluding carboxylic acids is 1. The normalized spacial score (nSPS) is 11.1. The zero-order chi connectivity index (χ0) is 23.5. The van der Waals surface area contributed by atoms with Crippen LogP contribution in [0.25, 0.3) is 22.4 Å². The second-order valence-corrected chi connectivity index (χ2v) is 8.39. The van der Waals surface area contributed by atoms with Gasteiger partial charge >= 0.3 is 0 Å². The summed E-state index contributed by atoms with van der Waals surface area (Å²) in [7, 11) is 0. The number of carboxylic acids is 1. The molecule has 0 saturated carbocycles. The molecule has 2 aromatic heterocycles. The number of hydrogen-bond acceptors (Lipinski definition) is 8. The summed E-state index contributed by atoms with van der Waals surface area (Å²) in [6.45, 7) is 0.312. The first-order chi connectivity index (χ1) is 16.6. The number of aromatic carboxylic acids is 1. The molecule has 2 heterocycles. The molecule has 0 amide bonds. The van der Waals surface area contributed by atoms with Crippen LogP contribution in [0.15, 0.2) is 93.2 Å². The van der Waals surface area contributed by atoms with Crippen molar-refractivity contribution in [2.45, 2.75) is 17.5 Å². The largest absolute Gasteiger partial charge is 0.545 e. The molecule has 0 unspecified atom stereocenters. The van der Waals surface area contributed by atoms with E-state index in [0.29, 0.717) is 28.9 Å². The number of carboxylic acid groups (broad SMARTS) is 1. The minimum absolute atomic E-state index is 0.0411. The Hall–Kier alpha value is -4.24. The Kier molecular flexibility index (Phi) is 5.92. The maximum Gasteiger partial charge on any atom is 0.262 e. The number of rotatable bonds is 7. The minimum Gasteiger partial charge on any atom is -0.545 e. The zero-order valence-electron chi connectivity index (χ0n) is 17.7. The molecule has 8 nitrogen and oxygen atoms in total. The fourth-order valence-electron chi connectivity index (χ4n) is 3.48. The van der Waals surface area contributed by atoms with Crippen molar-refractivity contribution in [2.75, 3.05) is 0 Å². The van der Waals surface area contributed by atoms with E-state index in [9.17, 15) is 14.7 Å². The van der Waals surface area contributed by atoms with Gasteiger partial charge in [-0.15, -0.1) is 10.2 Å². The number of fused-ring (bicyclic) bond motifs is 1. The third kappa shape index (κ3) is 4.46. The average molecular weight is 470 g/mol. The van der Waals surface area contributed by atoms with Gasteiger partial charge in [-0.3, -0.25) is 9.36 Å². The highest BCUT2D eigenvalue weighted by molar-refractivity contribution is 7.98. The molecule has 0 aliphatic heterocycles. The first-order valence-electron chi connectivity index (χ1n) is 10.4. The third-order valence-electron chi connectivity index (χ3n) is 5.15. The van der Waals surface area contributed by atoms with Crippen LogP contribution in [-0.4, -0.2) is 25.7 Å². The molecule has 0 saturated heterocycles. The summed E-state index contributed by atoms with van der Waals surface area (Å²) < 4.78 is 7.34. The Balaban J connectivity index is 1.51. The minimum atomic E-state index is -1.33. The number of nitrogens with zero attached hydrogens (tertiary/aromatic N) is 4. The van der Waals surface area contributed by atoms with Crippen LogP contribution in [0.4, 0.5) is 0 Å². The maximum absolute atomic E-state index is 13.3. The van der Waals surface area contributed by atoms with Gasteiger partial charge in [0.1, 0.15) is 0 Å². The monoisotopic (exact) mass is 469 g/mol. The van der Waals surface area contributed by atoms with Crippen molar-refractivity contribution in [3.8, 4) is 11.5 Å². The number of thioether (sulfide) groups is 1. The molecule has 0 aliphatic rings. The Morgan fingerprint density at radius 3 is 2.44 bits per heavy atom. The van der Waals surface area contributed by atoms with Gasteiger partial charge in [0, 0.05) is 5.56 Å². The van der Waals surface area contributed by atoms with Gasteiger partial charge in [0.15, 0.2) is 5.16 Å². The second-order valence-electron chi connectivity index (χ2n) is 7.45. The zero-order valence-corrected chi connectivity index (χ0v) is 18.6. The summed E-state index contributed by atoms with van der Waals surface area (Å²) in [5.41, 5.74) is 1.72. The summed E-state index contributed by atoms with van der Waals surface area (Å²) in [6, 6.07) is 23.2. The number of carbonyl (C=O) groups is 1. The molecule has 9 heteroatoms. The highest BCUT2D eigenvalue weighted by Gasteiger charge is 2.15. The van der Waals surface area contributed by atoms with Gasteiger partial charge in [-0.25, -0.2) is 4.98 Å². The van der Waals surface area contributed by atoms with E-state index in [1.165, 1.54) is 30.0 Å². The lowest BCUT2D eigenvalue weighted by Crippen LogP contribution is -2.25. The molecular formula is C25H17N4O4S-. The van der Waals surface area contributed by atoms with Gasteiger partial charge in [0.25, 0.3) is 5.56 Å². The number of hydrogen-bond donors (Lipinski definition) is 0. The van der Waals surface area contributed by atoms with Crippen LogP contribution in [-0.2, 0) is 12.3 Å². The lowest BCUT2D eigenvalue weighted by molar-refractivity contribution is -0.255. The molecule has 0 bridgehead atoms. The van der Waals surface area contributed by atoms with Crippen molar-refractivity contribution < 1.29 is 14.3 Å². The quantitative estimate of drug-likeness (QED) is 0.264. The summed E-state index contributed by atoms with van der Waals surface area (Å²) in [5.74, 6) is -0.256. The smallest absolute Gasteiger partial charge is 0.262 e. The van der Waals surface area contributed by atoms with E-state index in [4.69, 9.17) is 4.42 Å². The predicted molar refractivity (Wildman–Crippen MR) is 125 cm³/mol. The van der Waals surface area contributed by atoms with E-state index in [0.717, 1.165) is 11.1 Å². The molecule has 5 rings (SSSR count). The van der Waals surface area contributed by atoms with Crippen LogP contribution in [0.5, 0.6) is 0 Å². The van der Waals surface area contributed by atoms with Gasteiger partial charge in [-0.05, 0) is 35.4 Å². The molecule has 3 aromatic carbocycles. The van der Waals surface area contributed by atoms with E-state index in [1.807, 2.05) is 60.7 Å². The van der Waals surface area contributed by atoms with E-state index >= 15 is 0 Å². The van der Waals surface area contributed by atoms with Crippen LogP contribution in [0.1, 0.15) is 21.8 Å². The van der Waals surface area contributed by atoms with E-state index in [2.05, 4.69) is 15.2 Å². The second kappa shape index (κ2) is 9.32. The molecule has 168 valence electrons. The molecule has 0 atom stereocenters. The van der Waals surface area contributed by atoms with Gasteiger partial charge in [-0.1, -0.05) is 66.4 Å². The van der Waals surface area contributed by atoms with Gasteiger partial charge < -0.3 is 14.3 Å².